The Bertz CT molecular complexity index is 886. The molecule has 0 radical (unpaired) electrons. The molecule has 0 aromatic heterocycles. The highest BCUT2D eigenvalue weighted by Crippen LogP contribution is 2.31. The monoisotopic (exact) mass is 387 g/mol. The number of hydrogen-bond donors (Lipinski definition) is 1. The largest absolute Gasteiger partial charge is 0.497 e. The molecule has 1 heterocycles. The van der Waals surface area contributed by atoms with Crippen molar-refractivity contribution >= 4 is 40.1 Å². The highest BCUT2D eigenvalue weighted by molar-refractivity contribution is 8.15. The Morgan fingerprint density at radius 3 is 2.74 bits per heavy atom. The number of thioether (sulfide) groups is 1. The highest BCUT2D eigenvalue weighted by atomic mass is 32.2. The molecule has 0 bridgehead atoms. The Morgan fingerprint density at radius 2 is 2.04 bits per heavy atom. The molecular formula is C19H18FN3O3S. The topological polar surface area (TPSA) is 71.0 Å². The zero-order chi connectivity index (χ0) is 19.4. The van der Waals surface area contributed by atoms with Crippen LogP contribution < -0.4 is 10.1 Å². The summed E-state index contributed by atoms with van der Waals surface area (Å²) < 4.78 is 18.1. The summed E-state index contributed by atoms with van der Waals surface area (Å²) in [6.07, 6.45) is 0.00233. The van der Waals surface area contributed by atoms with Crippen LogP contribution in [0.1, 0.15) is 6.42 Å². The van der Waals surface area contributed by atoms with Gasteiger partial charge in [-0.15, -0.1) is 0 Å². The van der Waals surface area contributed by atoms with Crippen LogP contribution in [0.15, 0.2) is 53.5 Å². The van der Waals surface area contributed by atoms with Crippen LogP contribution in [0.3, 0.4) is 0 Å². The summed E-state index contributed by atoms with van der Waals surface area (Å²) >= 11 is 1.24. The van der Waals surface area contributed by atoms with Gasteiger partial charge >= 0.3 is 0 Å². The average Bonchev–Trinajstić information content (AvgIpc) is 2.91. The van der Waals surface area contributed by atoms with Crippen molar-refractivity contribution in [2.45, 2.75) is 11.7 Å². The first-order valence-electron chi connectivity index (χ1n) is 8.18. The quantitative estimate of drug-likeness (QED) is 0.853. The molecule has 1 fully saturated rings. The number of carbonyl (C=O) groups excluding carboxylic acids is 2. The summed E-state index contributed by atoms with van der Waals surface area (Å²) in [4.78, 5) is 30.6. The van der Waals surface area contributed by atoms with Crippen LogP contribution in [-0.4, -0.2) is 41.3 Å². The van der Waals surface area contributed by atoms with Crippen LogP contribution in [0.25, 0.3) is 0 Å². The Balaban J connectivity index is 1.67. The van der Waals surface area contributed by atoms with E-state index in [9.17, 15) is 14.0 Å². The Morgan fingerprint density at radius 1 is 1.30 bits per heavy atom. The first-order valence-corrected chi connectivity index (χ1v) is 9.06. The van der Waals surface area contributed by atoms with Crippen molar-refractivity contribution in [3.05, 3.63) is 54.3 Å². The lowest BCUT2D eigenvalue weighted by Gasteiger charge is -2.09. The molecule has 0 aliphatic carbocycles. The van der Waals surface area contributed by atoms with Crippen molar-refractivity contribution in [2.75, 3.05) is 19.5 Å². The fraction of sp³-hybridized carbons (Fsp3) is 0.211. The van der Waals surface area contributed by atoms with E-state index in [1.807, 2.05) is 18.2 Å². The van der Waals surface area contributed by atoms with Crippen LogP contribution >= 0.6 is 11.8 Å². The second kappa shape index (κ2) is 8.22. The van der Waals surface area contributed by atoms with Crippen molar-refractivity contribution in [1.29, 1.82) is 0 Å². The summed E-state index contributed by atoms with van der Waals surface area (Å²) in [6.45, 7) is 0. The molecule has 0 spiro atoms. The zero-order valence-corrected chi connectivity index (χ0v) is 15.6. The first kappa shape index (κ1) is 18.9. The number of rotatable bonds is 5. The second-order valence-electron chi connectivity index (χ2n) is 5.86. The molecule has 2 aromatic rings. The van der Waals surface area contributed by atoms with E-state index >= 15 is 0 Å². The van der Waals surface area contributed by atoms with Gasteiger partial charge in [-0.1, -0.05) is 17.8 Å². The predicted molar refractivity (Wildman–Crippen MR) is 104 cm³/mol. The van der Waals surface area contributed by atoms with Gasteiger partial charge < -0.3 is 10.1 Å². The molecule has 1 saturated heterocycles. The van der Waals surface area contributed by atoms with Crippen molar-refractivity contribution < 1.29 is 18.7 Å². The number of ether oxygens (including phenoxy) is 1. The fourth-order valence-corrected chi connectivity index (χ4v) is 3.66. The van der Waals surface area contributed by atoms with Crippen molar-refractivity contribution in [3.8, 4) is 5.75 Å². The lowest BCUT2D eigenvalue weighted by molar-refractivity contribution is -0.127. The number of benzene rings is 2. The highest BCUT2D eigenvalue weighted by Gasteiger charge is 2.37. The maximum absolute atomic E-state index is 12.9. The van der Waals surface area contributed by atoms with Gasteiger partial charge in [-0.3, -0.25) is 14.5 Å². The van der Waals surface area contributed by atoms with Gasteiger partial charge in [0.2, 0.25) is 11.8 Å². The van der Waals surface area contributed by atoms with E-state index in [4.69, 9.17) is 4.74 Å². The minimum atomic E-state index is -0.556. The number of carbonyl (C=O) groups is 2. The van der Waals surface area contributed by atoms with Gasteiger partial charge in [-0.05, 0) is 36.4 Å². The smallest absolute Gasteiger partial charge is 0.242 e. The Labute approximate surface area is 160 Å². The van der Waals surface area contributed by atoms with E-state index in [-0.39, 0.29) is 24.1 Å². The van der Waals surface area contributed by atoms with E-state index in [1.54, 1.807) is 20.2 Å². The standard InChI is InChI=1S/C19H18FN3O3S/c1-23-18(25)16(11-17(24)21-13-8-6-12(20)7-9-13)27-19(23)22-14-4-3-5-15(10-14)26-2/h3-10,16H,11H2,1-2H3,(H,21,24). The van der Waals surface area contributed by atoms with Crippen LogP contribution in [0.4, 0.5) is 15.8 Å². The number of halogens is 1. The third-order valence-electron chi connectivity index (χ3n) is 3.92. The summed E-state index contributed by atoms with van der Waals surface area (Å²) in [5.74, 6) is -0.210. The van der Waals surface area contributed by atoms with Crippen LogP contribution in [0.5, 0.6) is 5.75 Å². The molecule has 0 saturated carbocycles. The molecule has 27 heavy (non-hydrogen) atoms. The van der Waals surface area contributed by atoms with Crippen LogP contribution in [0, 0.1) is 5.82 Å². The SMILES string of the molecule is COc1cccc(N=C2SC(CC(=O)Nc3ccc(F)cc3)C(=O)N2C)c1. The number of amides is 2. The van der Waals surface area contributed by atoms with E-state index in [0.717, 1.165) is 0 Å². The minimum absolute atomic E-state index is 0.00233. The third kappa shape index (κ3) is 4.65. The number of aliphatic imine (C=N–C) groups is 1. The molecular weight excluding hydrogens is 369 g/mol. The average molecular weight is 387 g/mol. The molecule has 1 N–H and O–H groups in total. The summed E-state index contributed by atoms with van der Waals surface area (Å²) in [5, 5.41) is 2.63. The number of methoxy groups -OCH3 is 1. The lowest BCUT2D eigenvalue weighted by atomic mass is 10.2. The van der Waals surface area contributed by atoms with Gasteiger partial charge in [0.25, 0.3) is 0 Å². The van der Waals surface area contributed by atoms with Crippen LogP contribution in [0.2, 0.25) is 0 Å². The van der Waals surface area contributed by atoms with Crippen LogP contribution in [-0.2, 0) is 9.59 Å². The van der Waals surface area contributed by atoms with Gasteiger partial charge in [-0.25, -0.2) is 9.38 Å². The first-order chi connectivity index (χ1) is 13.0. The number of nitrogens with one attached hydrogen (secondary N) is 1. The lowest BCUT2D eigenvalue weighted by Crippen LogP contribution is -2.30. The van der Waals surface area contributed by atoms with E-state index in [1.165, 1.54) is 40.9 Å². The molecule has 1 atom stereocenters. The number of hydrogen-bond acceptors (Lipinski definition) is 5. The van der Waals surface area contributed by atoms with Gasteiger partial charge in [0, 0.05) is 25.2 Å². The molecule has 1 unspecified atom stereocenters. The second-order valence-corrected chi connectivity index (χ2v) is 7.03. The van der Waals surface area contributed by atoms with Crippen molar-refractivity contribution in [1.82, 2.24) is 4.90 Å². The van der Waals surface area contributed by atoms with Crippen molar-refractivity contribution in [2.24, 2.45) is 4.99 Å². The fourth-order valence-electron chi connectivity index (χ4n) is 2.50. The predicted octanol–water partition coefficient (Wildman–Crippen LogP) is 3.42. The minimum Gasteiger partial charge on any atom is -0.497 e. The molecule has 1 aliphatic heterocycles. The number of amidine groups is 1. The number of nitrogens with zero attached hydrogens (tertiary/aromatic N) is 2. The summed E-state index contributed by atoms with van der Waals surface area (Å²) in [5.41, 5.74) is 1.14. The zero-order valence-electron chi connectivity index (χ0n) is 14.8. The maximum atomic E-state index is 12.9. The van der Waals surface area contributed by atoms with E-state index < -0.39 is 5.25 Å². The molecule has 3 rings (SSSR count). The van der Waals surface area contributed by atoms with Crippen molar-refractivity contribution in [3.63, 3.8) is 0 Å². The number of anilines is 1. The molecule has 2 amide bonds. The van der Waals surface area contributed by atoms with Gasteiger partial charge in [0.1, 0.15) is 16.8 Å². The van der Waals surface area contributed by atoms with Gasteiger partial charge in [-0.2, -0.15) is 0 Å². The summed E-state index contributed by atoms with van der Waals surface area (Å²) in [7, 11) is 3.20. The van der Waals surface area contributed by atoms with Gasteiger partial charge in [0.05, 0.1) is 12.8 Å². The van der Waals surface area contributed by atoms with E-state index in [2.05, 4.69) is 10.3 Å². The molecule has 8 heteroatoms. The molecule has 2 aromatic carbocycles. The van der Waals surface area contributed by atoms with Gasteiger partial charge in [0.15, 0.2) is 5.17 Å². The third-order valence-corrected chi connectivity index (χ3v) is 5.15. The molecule has 6 nitrogen and oxygen atoms in total. The molecule has 1 aliphatic rings. The van der Waals surface area contributed by atoms with E-state index in [0.29, 0.717) is 22.3 Å². The molecule has 140 valence electrons. The summed E-state index contributed by atoms with van der Waals surface area (Å²) in [6, 6.07) is 12.7. The maximum Gasteiger partial charge on any atom is 0.242 e. The Kier molecular flexibility index (Phi) is 5.75. The normalized spacial score (nSPS) is 18.0. The Hall–Kier alpha value is -2.87.